The maximum absolute atomic E-state index is 14.5. The number of nitrogens with one attached hydrogen (secondary N) is 1. The number of ether oxygens (including phenoxy) is 2. The van der Waals surface area contributed by atoms with Gasteiger partial charge in [-0.1, -0.05) is 19.1 Å². The smallest absolute Gasteiger partial charge is 0.397 e. The minimum Gasteiger partial charge on any atom is -0.491 e. The number of amides is 3. The summed E-state index contributed by atoms with van der Waals surface area (Å²) >= 11 is 0. The van der Waals surface area contributed by atoms with Crippen LogP contribution in [0.2, 0.25) is 0 Å². The molecule has 12 heteroatoms. The molecule has 3 atom stereocenters. The number of carbonyl (C=O) groups excluding carboxylic acids is 3. The Morgan fingerprint density at radius 3 is 2.46 bits per heavy atom. The van der Waals surface area contributed by atoms with E-state index in [2.05, 4.69) is 5.32 Å². The van der Waals surface area contributed by atoms with Crippen molar-refractivity contribution in [3.05, 3.63) is 59.4 Å². The van der Waals surface area contributed by atoms with Crippen molar-refractivity contribution in [1.29, 1.82) is 0 Å². The normalized spacial score (nSPS) is 20.8. The van der Waals surface area contributed by atoms with Crippen LogP contribution in [0.1, 0.15) is 41.0 Å². The van der Waals surface area contributed by atoms with E-state index in [0.29, 0.717) is 0 Å². The van der Waals surface area contributed by atoms with Gasteiger partial charge in [0, 0.05) is 44.9 Å². The Morgan fingerprint density at radius 2 is 1.82 bits per heavy atom. The number of hydrogen-bond acceptors (Lipinski definition) is 5. The third kappa shape index (κ3) is 7.69. The molecule has 1 aliphatic rings. The van der Waals surface area contributed by atoms with Crippen molar-refractivity contribution in [2.24, 2.45) is 5.92 Å². The van der Waals surface area contributed by atoms with Gasteiger partial charge in [-0.15, -0.1) is 0 Å². The van der Waals surface area contributed by atoms with Crippen LogP contribution in [0.3, 0.4) is 0 Å². The maximum Gasteiger partial charge on any atom is 0.397 e. The number of alkyl halides is 3. The first-order valence-corrected chi connectivity index (χ1v) is 12.3. The Morgan fingerprint density at radius 1 is 1.13 bits per heavy atom. The van der Waals surface area contributed by atoms with E-state index in [0.717, 1.165) is 0 Å². The highest BCUT2D eigenvalue weighted by Gasteiger charge is 2.33. The molecule has 39 heavy (non-hydrogen) atoms. The lowest BCUT2D eigenvalue weighted by atomic mass is 10.0. The number of likely N-dealkylation sites (N-methyl/N-ethyl adjacent to an activating group) is 1. The molecule has 0 spiro atoms. The number of carbonyl (C=O) groups is 3. The molecule has 1 aliphatic heterocycles. The van der Waals surface area contributed by atoms with Crippen LogP contribution in [0, 0.1) is 11.7 Å². The predicted octanol–water partition coefficient (Wildman–Crippen LogP) is 4.36. The maximum atomic E-state index is 14.5. The summed E-state index contributed by atoms with van der Waals surface area (Å²) in [7, 11) is 3.05. The van der Waals surface area contributed by atoms with Crippen molar-refractivity contribution in [2.45, 2.75) is 38.6 Å². The average molecular weight is 554 g/mol. The molecule has 8 nitrogen and oxygen atoms in total. The average Bonchev–Trinajstić information content (AvgIpc) is 2.86. The zero-order valence-corrected chi connectivity index (χ0v) is 22.0. The van der Waals surface area contributed by atoms with E-state index in [1.54, 1.807) is 20.0 Å². The van der Waals surface area contributed by atoms with Crippen molar-refractivity contribution in [2.75, 3.05) is 39.2 Å². The zero-order valence-electron chi connectivity index (χ0n) is 22.0. The Labute approximate surface area is 223 Å². The molecule has 1 heterocycles. The quantitative estimate of drug-likeness (QED) is 0.569. The van der Waals surface area contributed by atoms with Crippen LogP contribution in [-0.2, 0) is 9.53 Å². The lowest BCUT2D eigenvalue weighted by Crippen LogP contribution is -2.48. The summed E-state index contributed by atoms with van der Waals surface area (Å²) in [4.78, 5) is 41.4. The van der Waals surface area contributed by atoms with Crippen LogP contribution in [0.25, 0.3) is 0 Å². The second-order valence-electron chi connectivity index (χ2n) is 9.59. The summed E-state index contributed by atoms with van der Waals surface area (Å²) in [6.45, 7) is 3.74. The standard InChI is InChI=1S/C27H31F4N3O5/c1-16-13-34(26(37)19-7-5-6-8-21(19)28)17(2)15-39-22-11-18(32-24(35)12-27(29,30)31)9-10-20(22)25(36)33(3)14-23(16)38-4/h5-11,16-17,23H,12-15H2,1-4H3,(H,32,35)/t16-,17-,23+/m1/s1. The lowest BCUT2D eigenvalue weighted by molar-refractivity contribution is -0.150. The molecule has 2 aromatic carbocycles. The molecule has 0 unspecified atom stereocenters. The number of hydrogen-bond donors (Lipinski definition) is 1. The van der Waals surface area contributed by atoms with Crippen LogP contribution < -0.4 is 10.1 Å². The van der Waals surface area contributed by atoms with Gasteiger partial charge in [-0.3, -0.25) is 14.4 Å². The fourth-order valence-electron chi connectivity index (χ4n) is 4.31. The van der Waals surface area contributed by atoms with Crippen LogP contribution in [0.4, 0.5) is 23.2 Å². The fraction of sp³-hybridized carbons (Fsp3) is 0.444. The zero-order chi connectivity index (χ0) is 28.9. The van der Waals surface area contributed by atoms with Crippen molar-refractivity contribution in [1.82, 2.24) is 9.80 Å². The van der Waals surface area contributed by atoms with E-state index in [9.17, 15) is 31.9 Å². The number of rotatable bonds is 4. The van der Waals surface area contributed by atoms with Gasteiger partial charge in [-0.2, -0.15) is 13.2 Å². The molecule has 3 rings (SSSR count). The summed E-state index contributed by atoms with van der Waals surface area (Å²) in [5.74, 6) is -3.18. The van der Waals surface area contributed by atoms with Crippen LogP contribution in [-0.4, -0.2) is 79.7 Å². The lowest BCUT2D eigenvalue weighted by Gasteiger charge is -2.36. The van der Waals surface area contributed by atoms with Crippen molar-refractivity contribution < 1.29 is 41.4 Å². The number of benzene rings is 2. The second-order valence-corrected chi connectivity index (χ2v) is 9.59. The monoisotopic (exact) mass is 553 g/mol. The number of anilines is 1. The minimum atomic E-state index is -4.69. The van der Waals surface area contributed by atoms with Gasteiger partial charge in [-0.05, 0) is 31.2 Å². The van der Waals surface area contributed by atoms with Gasteiger partial charge in [0.25, 0.3) is 11.8 Å². The van der Waals surface area contributed by atoms with Crippen LogP contribution in [0.5, 0.6) is 5.75 Å². The first kappa shape index (κ1) is 29.9. The summed E-state index contributed by atoms with van der Waals surface area (Å²) in [6, 6.07) is 8.92. The van der Waals surface area contributed by atoms with E-state index in [1.807, 2.05) is 6.92 Å². The molecule has 0 aromatic heterocycles. The van der Waals surface area contributed by atoms with E-state index < -0.39 is 48.3 Å². The molecule has 0 radical (unpaired) electrons. The summed E-state index contributed by atoms with van der Waals surface area (Å²) in [6.07, 6.45) is -6.84. The van der Waals surface area contributed by atoms with Crippen LogP contribution in [0.15, 0.2) is 42.5 Å². The molecule has 3 amide bonds. The molecule has 0 aliphatic carbocycles. The molecule has 0 bridgehead atoms. The Hall–Kier alpha value is -3.67. The highest BCUT2D eigenvalue weighted by atomic mass is 19.4. The van der Waals surface area contributed by atoms with Crippen LogP contribution >= 0.6 is 0 Å². The second kappa shape index (κ2) is 12.5. The first-order chi connectivity index (χ1) is 18.3. The molecule has 0 fully saturated rings. The Bertz CT molecular complexity index is 1210. The van der Waals surface area contributed by atoms with Gasteiger partial charge >= 0.3 is 6.18 Å². The SMILES string of the molecule is CO[C@H]1CN(C)C(=O)c2ccc(NC(=O)CC(F)(F)F)cc2OC[C@@H](C)N(C(=O)c2ccccc2F)C[C@H]1C. The minimum absolute atomic E-state index is 0.000815. The Kier molecular flexibility index (Phi) is 9.54. The van der Waals surface area contributed by atoms with Gasteiger partial charge in [-0.25, -0.2) is 4.39 Å². The third-order valence-electron chi connectivity index (χ3n) is 6.46. The first-order valence-electron chi connectivity index (χ1n) is 12.3. The molecular formula is C27H31F4N3O5. The molecular weight excluding hydrogens is 522 g/mol. The number of fused-ring (bicyclic) bond motifs is 1. The van der Waals surface area contributed by atoms with Crippen molar-refractivity contribution in [3.8, 4) is 5.75 Å². The van der Waals surface area contributed by atoms with Crippen molar-refractivity contribution >= 4 is 23.4 Å². The van der Waals surface area contributed by atoms with E-state index in [4.69, 9.17) is 9.47 Å². The van der Waals surface area contributed by atoms with E-state index in [-0.39, 0.29) is 48.2 Å². The molecule has 1 N–H and O–H groups in total. The predicted molar refractivity (Wildman–Crippen MR) is 135 cm³/mol. The van der Waals surface area contributed by atoms with Gasteiger partial charge in [0.1, 0.15) is 24.6 Å². The van der Waals surface area contributed by atoms with Gasteiger partial charge in [0.2, 0.25) is 5.91 Å². The highest BCUT2D eigenvalue weighted by Crippen LogP contribution is 2.28. The van der Waals surface area contributed by atoms with E-state index >= 15 is 0 Å². The molecule has 2 aromatic rings. The van der Waals surface area contributed by atoms with Gasteiger partial charge in [0.05, 0.1) is 23.3 Å². The third-order valence-corrected chi connectivity index (χ3v) is 6.46. The summed E-state index contributed by atoms with van der Waals surface area (Å²) in [5.41, 5.74) is -0.00516. The Balaban J connectivity index is 1.98. The van der Waals surface area contributed by atoms with Crippen molar-refractivity contribution in [3.63, 3.8) is 0 Å². The van der Waals surface area contributed by atoms with Gasteiger partial charge in [0.15, 0.2) is 0 Å². The fourth-order valence-corrected chi connectivity index (χ4v) is 4.31. The summed E-state index contributed by atoms with van der Waals surface area (Å²) < 4.78 is 63.9. The number of halogens is 4. The number of methoxy groups -OCH3 is 1. The largest absolute Gasteiger partial charge is 0.491 e. The molecule has 0 saturated heterocycles. The van der Waals surface area contributed by atoms with E-state index in [1.165, 1.54) is 53.3 Å². The topological polar surface area (TPSA) is 88.2 Å². The summed E-state index contributed by atoms with van der Waals surface area (Å²) in [5, 5.41) is 2.16. The molecule has 0 saturated carbocycles. The number of nitrogens with zero attached hydrogens (tertiary/aromatic N) is 2. The molecule has 212 valence electrons. The highest BCUT2D eigenvalue weighted by molar-refractivity contribution is 5.98. The van der Waals surface area contributed by atoms with Gasteiger partial charge < -0.3 is 24.6 Å².